The number of anilines is 6. The van der Waals surface area contributed by atoms with Gasteiger partial charge in [0.25, 0.3) is 0 Å². The fourth-order valence-corrected chi connectivity index (χ4v) is 11.4. The van der Waals surface area contributed by atoms with Gasteiger partial charge in [0.15, 0.2) is 0 Å². The van der Waals surface area contributed by atoms with E-state index in [4.69, 9.17) is 0 Å². The molecule has 72 heavy (non-hydrogen) atoms. The first-order valence-corrected chi connectivity index (χ1v) is 25.0. The lowest BCUT2D eigenvalue weighted by Crippen LogP contribution is -2.10. The van der Waals surface area contributed by atoms with E-state index < -0.39 is 0 Å². The molecule has 0 amide bonds. The highest BCUT2D eigenvalue weighted by Gasteiger charge is 2.19. The van der Waals surface area contributed by atoms with Crippen LogP contribution >= 0.6 is 0 Å². The molecule has 0 heterocycles. The maximum Gasteiger partial charge on any atom is 0.0468 e. The Bertz CT molecular complexity index is 4330. The van der Waals surface area contributed by atoms with Crippen molar-refractivity contribution in [1.82, 2.24) is 0 Å². The Hall–Kier alpha value is -9.24. The van der Waals surface area contributed by atoms with Crippen molar-refractivity contribution >= 4 is 120 Å². The van der Waals surface area contributed by atoms with E-state index in [0.29, 0.717) is 0 Å². The normalized spacial score (nSPS) is 11.7. The van der Waals surface area contributed by atoms with E-state index in [9.17, 15) is 0 Å². The molecule has 0 fully saturated rings. The molecule has 2 heteroatoms. The minimum absolute atomic E-state index is 0.787. The maximum atomic E-state index is 2.45. The molecule has 0 radical (unpaired) electrons. The van der Waals surface area contributed by atoms with Crippen LogP contribution in [0.3, 0.4) is 0 Å². The molecule has 14 aromatic carbocycles. The van der Waals surface area contributed by atoms with Gasteiger partial charge in [0.05, 0.1) is 0 Å². The summed E-state index contributed by atoms with van der Waals surface area (Å²) in [4.78, 5) is 4.86. The highest BCUT2D eigenvalue weighted by atomic mass is 15.1. The van der Waals surface area contributed by atoms with E-state index in [0.717, 1.165) is 40.5 Å². The predicted octanol–water partition coefficient (Wildman–Crippen LogP) is 19.8. The zero-order chi connectivity index (χ0) is 47.7. The fourth-order valence-electron chi connectivity index (χ4n) is 11.4. The molecule has 2 nitrogen and oxygen atoms in total. The van der Waals surface area contributed by atoms with Gasteiger partial charge >= 0.3 is 0 Å². The van der Waals surface area contributed by atoms with E-state index in [-0.39, 0.29) is 0 Å². The molecule has 14 rings (SSSR count). The highest BCUT2D eigenvalue weighted by Crippen LogP contribution is 2.43. The maximum absolute atomic E-state index is 2.45. The van der Waals surface area contributed by atoms with Crippen LogP contribution in [0.4, 0.5) is 34.1 Å². The molecule has 0 unspecified atom stereocenters. The lowest BCUT2D eigenvalue weighted by atomic mass is 9.94. The first kappa shape index (κ1) is 41.7. The van der Waals surface area contributed by atoms with Crippen molar-refractivity contribution in [2.24, 2.45) is 0 Å². The van der Waals surface area contributed by atoms with Crippen LogP contribution in [0.25, 0.3) is 86.2 Å². The number of hydrogen-bond donors (Lipinski definition) is 0. The zero-order valence-corrected chi connectivity index (χ0v) is 39.9. The van der Waals surface area contributed by atoms with Gasteiger partial charge in [-0.25, -0.2) is 0 Å². The van der Waals surface area contributed by atoms with Crippen LogP contribution in [0.2, 0.25) is 0 Å². The van der Waals surface area contributed by atoms with Gasteiger partial charge in [-0.2, -0.15) is 0 Å². The Morgan fingerprint density at radius 2 is 0.583 bits per heavy atom. The third-order valence-corrected chi connectivity index (χ3v) is 15.0. The van der Waals surface area contributed by atoms with Crippen LogP contribution < -0.4 is 9.80 Å². The van der Waals surface area contributed by atoms with Gasteiger partial charge in [-0.05, 0) is 183 Å². The summed E-state index contributed by atoms with van der Waals surface area (Å²) < 4.78 is 0. The number of benzene rings is 14. The summed E-state index contributed by atoms with van der Waals surface area (Å²) in [5.74, 6) is 0. The van der Waals surface area contributed by atoms with E-state index in [1.807, 2.05) is 0 Å². The molecule has 0 spiro atoms. The van der Waals surface area contributed by atoms with Crippen molar-refractivity contribution in [2.45, 2.75) is 13.3 Å². The highest BCUT2D eigenvalue weighted by molar-refractivity contribution is 6.13. The molecule has 0 aromatic heterocycles. The van der Waals surface area contributed by atoms with Crippen LogP contribution in [-0.2, 0) is 6.42 Å². The molecule has 14 aromatic rings. The van der Waals surface area contributed by atoms with Gasteiger partial charge in [-0.3, -0.25) is 0 Å². The molecule has 0 bridgehead atoms. The van der Waals surface area contributed by atoms with Crippen LogP contribution in [0.15, 0.2) is 261 Å². The van der Waals surface area contributed by atoms with Gasteiger partial charge < -0.3 is 9.80 Å². The van der Waals surface area contributed by atoms with Crippen LogP contribution in [-0.4, -0.2) is 0 Å². The smallest absolute Gasteiger partial charge is 0.0468 e. The Morgan fingerprint density at radius 1 is 0.236 bits per heavy atom. The summed E-state index contributed by atoms with van der Waals surface area (Å²) in [7, 11) is 0. The van der Waals surface area contributed by atoms with Crippen molar-refractivity contribution in [3.8, 4) is 0 Å². The summed E-state index contributed by atoms with van der Waals surface area (Å²) in [6.45, 7) is 2.15. The lowest BCUT2D eigenvalue weighted by Gasteiger charge is -2.27. The molecule has 0 aliphatic rings. The molecule has 0 aliphatic heterocycles. The van der Waals surface area contributed by atoms with Crippen molar-refractivity contribution in [1.29, 1.82) is 0 Å². The van der Waals surface area contributed by atoms with E-state index >= 15 is 0 Å². The van der Waals surface area contributed by atoms with Gasteiger partial charge in [0.2, 0.25) is 0 Å². The number of fused-ring (bicyclic) bond motifs is 12. The topological polar surface area (TPSA) is 6.48 Å². The second-order valence-electron chi connectivity index (χ2n) is 19.4. The SMILES string of the molecule is Cc1ccc(N(c2ccc3ccc4ccccc4c3c2)c2ccc3ccc4c(Cc5cccc(N(c6ccc7ccc8ccccc8c7c6)c6ccc7ccc8ccccc8c7c6)c5)cccc4c3c2)cc1. The monoisotopic (exact) mass is 916 g/mol. The average Bonchev–Trinajstić information content (AvgIpc) is 3.43. The number of aryl methyl sites for hydroxylation is 1. The lowest BCUT2D eigenvalue weighted by molar-refractivity contribution is 1.20. The van der Waals surface area contributed by atoms with Crippen molar-refractivity contribution in [3.63, 3.8) is 0 Å². The Morgan fingerprint density at radius 3 is 1.07 bits per heavy atom. The largest absolute Gasteiger partial charge is 0.310 e. The Balaban J connectivity index is 0.881. The minimum atomic E-state index is 0.787. The second-order valence-corrected chi connectivity index (χ2v) is 19.4. The quantitative estimate of drug-likeness (QED) is 0.140. The van der Waals surface area contributed by atoms with Crippen molar-refractivity contribution in [2.75, 3.05) is 9.80 Å². The first-order valence-electron chi connectivity index (χ1n) is 25.0. The second kappa shape index (κ2) is 17.0. The van der Waals surface area contributed by atoms with Crippen molar-refractivity contribution in [3.05, 3.63) is 278 Å². The van der Waals surface area contributed by atoms with E-state index in [1.54, 1.807) is 0 Å². The van der Waals surface area contributed by atoms with E-state index in [1.165, 1.54) is 103 Å². The van der Waals surface area contributed by atoms with Crippen LogP contribution in [0.5, 0.6) is 0 Å². The van der Waals surface area contributed by atoms with Crippen LogP contribution in [0, 0.1) is 6.92 Å². The predicted molar refractivity (Wildman–Crippen MR) is 310 cm³/mol. The van der Waals surface area contributed by atoms with Crippen molar-refractivity contribution < 1.29 is 0 Å². The summed E-state index contributed by atoms with van der Waals surface area (Å²) in [6, 6.07) is 96.9. The molecule has 338 valence electrons. The summed E-state index contributed by atoms with van der Waals surface area (Å²) in [6.07, 6.45) is 0.787. The third kappa shape index (κ3) is 7.19. The van der Waals surface area contributed by atoms with Gasteiger partial charge in [0, 0.05) is 34.1 Å². The Labute approximate surface area is 418 Å². The number of hydrogen-bond acceptors (Lipinski definition) is 2. The molecular formula is C70H48N2. The number of nitrogens with zero attached hydrogens (tertiary/aromatic N) is 2. The minimum Gasteiger partial charge on any atom is -0.310 e. The summed E-state index contributed by atoms with van der Waals surface area (Å²) in [5.41, 5.74) is 10.6. The van der Waals surface area contributed by atoms with Gasteiger partial charge in [0.1, 0.15) is 0 Å². The molecule has 0 N–H and O–H groups in total. The van der Waals surface area contributed by atoms with Gasteiger partial charge in [-0.15, -0.1) is 0 Å². The average molecular weight is 917 g/mol. The third-order valence-electron chi connectivity index (χ3n) is 15.0. The molecule has 0 aliphatic carbocycles. The molecule has 0 saturated carbocycles. The fraction of sp³-hybridized carbons (Fsp3) is 0.0286. The van der Waals surface area contributed by atoms with Crippen LogP contribution in [0.1, 0.15) is 16.7 Å². The number of rotatable bonds is 8. The van der Waals surface area contributed by atoms with Gasteiger partial charge in [-0.1, -0.05) is 194 Å². The summed E-state index contributed by atoms with van der Waals surface area (Å²) >= 11 is 0. The summed E-state index contributed by atoms with van der Waals surface area (Å²) in [5, 5.41) is 20.0. The first-order chi connectivity index (χ1) is 35.6. The standard InChI is InChI=1S/C70H48N2/c1-46-20-33-56(34-21-46)71(58-35-28-51-25-22-48-11-2-5-16-62(48)67(51)42-58)59-36-31-54-32-39-65-55(14-9-19-66(65)70(54)45-59)40-47-10-8-15-57(41-47)72(60-37-29-52-26-23-49-12-3-6-17-63(49)68(52)43-60)61-38-30-53-27-24-50-13-4-7-18-64(50)69(53)44-61/h2-39,41-45H,40H2,1H3. The molecule has 0 saturated heterocycles. The zero-order valence-electron chi connectivity index (χ0n) is 39.9. The Kier molecular flexibility index (Phi) is 9.86. The molecular weight excluding hydrogens is 869 g/mol. The molecule has 0 atom stereocenters. The van der Waals surface area contributed by atoms with E-state index in [2.05, 4.69) is 278 Å².